The zero-order valence-electron chi connectivity index (χ0n) is 22.1. The number of carboxylic acids is 1. The van der Waals surface area contributed by atoms with Crippen LogP contribution in [0.2, 0.25) is 0 Å². The maximum absolute atomic E-state index is 12.9. The van der Waals surface area contributed by atoms with E-state index in [0.717, 1.165) is 38.5 Å². The van der Waals surface area contributed by atoms with Gasteiger partial charge in [-0.25, -0.2) is 0 Å². The van der Waals surface area contributed by atoms with Crippen molar-refractivity contribution in [2.45, 2.75) is 106 Å². The zero-order valence-corrected chi connectivity index (χ0v) is 22.1. The van der Waals surface area contributed by atoms with E-state index in [1.165, 1.54) is 18.4 Å². The van der Waals surface area contributed by atoms with Crippen LogP contribution >= 0.6 is 0 Å². The Hall–Kier alpha value is -1.12. The van der Waals surface area contributed by atoms with Crippen molar-refractivity contribution >= 4 is 11.8 Å². The van der Waals surface area contributed by atoms with Crippen molar-refractivity contribution in [1.82, 2.24) is 0 Å². The monoisotopic (exact) mass is 454 g/mol. The Morgan fingerprint density at radius 2 is 1.64 bits per heavy atom. The molecule has 0 aromatic carbocycles. The lowest BCUT2D eigenvalue weighted by molar-refractivity contribution is -0.240. The minimum absolute atomic E-state index is 0.172. The van der Waals surface area contributed by atoms with Crippen LogP contribution in [-0.2, 0) is 9.59 Å². The quantitative estimate of drug-likeness (QED) is 0.423. The van der Waals surface area contributed by atoms with Gasteiger partial charge in [0.05, 0.1) is 5.41 Å². The summed E-state index contributed by atoms with van der Waals surface area (Å²) < 4.78 is 0. The first kappa shape index (κ1) is 23.6. The molecule has 5 aliphatic rings. The molecule has 0 unspecified atom stereocenters. The molecule has 0 heterocycles. The Morgan fingerprint density at radius 3 is 2.30 bits per heavy atom. The number of carboxylic acid groups (broad SMARTS) is 1. The second-order valence-corrected chi connectivity index (χ2v) is 14.2. The molecule has 4 fully saturated rings. The summed E-state index contributed by atoms with van der Waals surface area (Å²) in [5, 5.41) is 10.5. The normalized spacial score (nSPS) is 53.1. The van der Waals surface area contributed by atoms with Crippen LogP contribution in [0.25, 0.3) is 0 Å². The summed E-state index contributed by atoms with van der Waals surface area (Å²) in [7, 11) is 0. The summed E-state index contributed by atoms with van der Waals surface area (Å²) in [6.45, 7) is 16.6. The van der Waals surface area contributed by atoms with E-state index in [0.29, 0.717) is 35.9 Å². The van der Waals surface area contributed by atoms with Crippen LogP contribution in [0.3, 0.4) is 0 Å². The second kappa shape index (κ2) is 6.97. The zero-order chi connectivity index (χ0) is 24.2. The first-order chi connectivity index (χ1) is 15.3. The molecule has 0 radical (unpaired) electrons. The van der Waals surface area contributed by atoms with Crippen LogP contribution in [0, 0.1) is 56.7 Å². The van der Waals surface area contributed by atoms with Gasteiger partial charge in [-0.05, 0) is 104 Å². The lowest BCUT2D eigenvalue weighted by Crippen LogP contribution is -2.67. The molecule has 184 valence electrons. The minimum atomic E-state index is -0.577. The standard InChI is InChI=1S/C30H46O3/c1-18-10-15-30(25(32)33)17-16-28(6)20(24(30)19(18)2)8-9-22-27(5)13-12-23(31)26(3,4)21(27)11-14-29(22,28)7/h10,19-22,24H,8-9,11-17H2,1-7H3,(H,32,33)/t19-,20-,21+,22-,24-,27+,28-,29-,30+/m1/s1. The van der Waals surface area contributed by atoms with Crippen LogP contribution < -0.4 is 0 Å². The number of fused-ring (bicyclic) bond motifs is 7. The first-order valence-electron chi connectivity index (χ1n) is 13.7. The number of rotatable bonds is 1. The Kier molecular flexibility index (Phi) is 4.99. The molecule has 3 nitrogen and oxygen atoms in total. The second-order valence-electron chi connectivity index (χ2n) is 14.2. The number of Topliss-reactive ketones (excluding diaryl/α,β-unsaturated/α-hetero) is 1. The van der Waals surface area contributed by atoms with Gasteiger partial charge in [0.25, 0.3) is 0 Å². The van der Waals surface area contributed by atoms with E-state index >= 15 is 0 Å². The Morgan fingerprint density at radius 1 is 0.939 bits per heavy atom. The largest absolute Gasteiger partial charge is 0.481 e. The van der Waals surface area contributed by atoms with E-state index < -0.39 is 11.4 Å². The Labute approximate surface area is 201 Å². The van der Waals surface area contributed by atoms with Crippen molar-refractivity contribution in [2.75, 3.05) is 0 Å². The SMILES string of the molecule is CC1=CC[C@]2(C(=O)O)CC[C@]3(C)[C@H](CC[C@@H]4[C@@]5(C)CCC(=O)C(C)(C)[C@@H]5CC[C@]43C)[C@H]2[C@@H]1C. The van der Waals surface area contributed by atoms with Crippen molar-refractivity contribution in [2.24, 2.45) is 56.7 Å². The summed E-state index contributed by atoms with van der Waals surface area (Å²) in [6, 6.07) is 0. The average Bonchev–Trinajstić information content (AvgIpc) is 2.74. The predicted molar refractivity (Wildman–Crippen MR) is 132 cm³/mol. The summed E-state index contributed by atoms with van der Waals surface area (Å²) in [5.74, 6) is 2.08. The number of ketones is 1. The number of carbonyl (C=O) groups is 2. The van der Waals surface area contributed by atoms with E-state index in [4.69, 9.17) is 0 Å². The highest BCUT2D eigenvalue weighted by molar-refractivity contribution is 5.85. The number of carbonyl (C=O) groups excluding carboxylic acids is 1. The fraction of sp³-hybridized carbons (Fsp3) is 0.867. The smallest absolute Gasteiger partial charge is 0.310 e. The van der Waals surface area contributed by atoms with Crippen molar-refractivity contribution in [3.8, 4) is 0 Å². The molecule has 33 heavy (non-hydrogen) atoms. The third-order valence-electron chi connectivity index (χ3n) is 13.3. The summed E-state index contributed by atoms with van der Waals surface area (Å²) in [5.41, 5.74) is 1.22. The number of allylic oxidation sites excluding steroid dienone is 2. The number of hydrogen-bond acceptors (Lipinski definition) is 2. The molecule has 0 aliphatic heterocycles. The van der Waals surface area contributed by atoms with Gasteiger partial charge in [0.2, 0.25) is 0 Å². The third kappa shape index (κ3) is 2.69. The molecule has 0 saturated heterocycles. The van der Waals surface area contributed by atoms with Gasteiger partial charge in [0.1, 0.15) is 5.78 Å². The van der Waals surface area contributed by atoms with E-state index in [1.54, 1.807) is 0 Å². The van der Waals surface area contributed by atoms with Crippen molar-refractivity contribution < 1.29 is 14.7 Å². The van der Waals surface area contributed by atoms with Gasteiger partial charge in [-0.3, -0.25) is 9.59 Å². The van der Waals surface area contributed by atoms with Gasteiger partial charge in [0, 0.05) is 11.8 Å². The average molecular weight is 455 g/mol. The molecule has 1 N–H and O–H groups in total. The van der Waals surface area contributed by atoms with Crippen LogP contribution in [0.5, 0.6) is 0 Å². The molecule has 0 bridgehead atoms. The van der Waals surface area contributed by atoms with Crippen LogP contribution in [0.4, 0.5) is 0 Å². The fourth-order valence-electron chi connectivity index (χ4n) is 11.1. The fourth-order valence-corrected chi connectivity index (χ4v) is 11.1. The molecule has 5 aliphatic carbocycles. The summed E-state index contributed by atoms with van der Waals surface area (Å²) >= 11 is 0. The van der Waals surface area contributed by atoms with Crippen LogP contribution in [0.15, 0.2) is 11.6 Å². The molecular weight excluding hydrogens is 408 g/mol. The van der Waals surface area contributed by atoms with Gasteiger partial charge in [-0.1, -0.05) is 53.2 Å². The predicted octanol–water partition coefficient (Wildman–Crippen LogP) is 7.30. The van der Waals surface area contributed by atoms with Crippen molar-refractivity contribution in [3.05, 3.63) is 11.6 Å². The van der Waals surface area contributed by atoms with Crippen LogP contribution in [-0.4, -0.2) is 16.9 Å². The first-order valence-corrected chi connectivity index (χ1v) is 13.7. The number of hydrogen-bond donors (Lipinski definition) is 1. The maximum atomic E-state index is 12.9. The molecule has 0 aromatic rings. The lowest BCUT2D eigenvalue weighted by Gasteiger charge is -2.72. The highest BCUT2D eigenvalue weighted by Crippen LogP contribution is 2.76. The summed E-state index contributed by atoms with van der Waals surface area (Å²) in [4.78, 5) is 25.7. The molecule has 0 aromatic heterocycles. The molecule has 3 heteroatoms. The van der Waals surface area contributed by atoms with E-state index in [1.807, 2.05) is 0 Å². The third-order valence-corrected chi connectivity index (χ3v) is 13.3. The highest BCUT2D eigenvalue weighted by Gasteiger charge is 2.71. The van der Waals surface area contributed by atoms with Gasteiger partial charge >= 0.3 is 5.97 Å². The number of aliphatic carboxylic acids is 1. The van der Waals surface area contributed by atoms with E-state index in [-0.39, 0.29) is 27.6 Å². The minimum Gasteiger partial charge on any atom is -0.481 e. The topological polar surface area (TPSA) is 54.4 Å². The van der Waals surface area contributed by atoms with Crippen LogP contribution in [0.1, 0.15) is 106 Å². The van der Waals surface area contributed by atoms with E-state index in [2.05, 4.69) is 54.5 Å². The molecule has 4 saturated carbocycles. The molecular formula is C30H46O3. The lowest BCUT2D eigenvalue weighted by atomic mass is 9.31. The Balaban J connectivity index is 1.58. The molecule has 0 spiro atoms. The van der Waals surface area contributed by atoms with Gasteiger partial charge in [0.15, 0.2) is 0 Å². The molecule has 9 atom stereocenters. The highest BCUT2D eigenvalue weighted by atomic mass is 16.4. The molecule has 0 amide bonds. The van der Waals surface area contributed by atoms with Gasteiger partial charge in [-0.2, -0.15) is 0 Å². The van der Waals surface area contributed by atoms with Crippen molar-refractivity contribution in [1.29, 1.82) is 0 Å². The van der Waals surface area contributed by atoms with E-state index in [9.17, 15) is 14.7 Å². The van der Waals surface area contributed by atoms with Crippen molar-refractivity contribution in [3.63, 3.8) is 0 Å². The van der Waals surface area contributed by atoms with Gasteiger partial charge < -0.3 is 5.11 Å². The van der Waals surface area contributed by atoms with Gasteiger partial charge in [-0.15, -0.1) is 0 Å². The summed E-state index contributed by atoms with van der Waals surface area (Å²) in [6.07, 6.45) is 11.3. The molecule has 5 rings (SSSR count). The Bertz CT molecular complexity index is 916. The maximum Gasteiger partial charge on any atom is 0.310 e.